The number of aliphatic hydroxyl groups excluding tert-OH is 2. The molecule has 6 aromatic rings. The van der Waals surface area contributed by atoms with Crippen molar-refractivity contribution in [2.24, 2.45) is 11.8 Å². The third-order valence-corrected chi connectivity index (χ3v) is 12.4. The summed E-state index contributed by atoms with van der Waals surface area (Å²) in [6.07, 6.45) is 9.86. The quantitative estimate of drug-likeness (QED) is 0.203. The summed E-state index contributed by atoms with van der Waals surface area (Å²) in [6, 6.07) is 28.4. The van der Waals surface area contributed by atoms with Crippen LogP contribution in [0.3, 0.4) is 0 Å². The lowest BCUT2D eigenvalue weighted by molar-refractivity contribution is 0.0716. The molecule has 284 valence electrons. The van der Waals surface area contributed by atoms with E-state index < -0.39 is 12.2 Å². The van der Waals surface area contributed by atoms with Gasteiger partial charge in [0.25, 0.3) is 11.8 Å². The van der Waals surface area contributed by atoms with Gasteiger partial charge in [-0.15, -0.1) is 0 Å². The van der Waals surface area contributed by atoms with Crippen LogP contribution in [0, 0.1) is 11.8 Å². The fourth-order valence-corrected chi connectivity index (χ4v) is 9.71. The van der Waals surface area contributed by atoms with Crippen LogP contribution < -0.4 is 0 Å². The number of aliphatic hydroxyl groups is 2. The van der Waals surface area contributed by atoms with Crippen LogP contribution in [-0.2, 0) is 12.8 Å². The number of nitrogens with zero attached hydrogens (tertiary/aromatic N) is 6. The Morgan fingerprint density at radius 3 is 1.41 bits per heavy atom. The van der Waals surface area contributed by atoms with E-state index in [2.05, 4.69) is 67.6 Å². The number of benzene rings is 4. The first kappa shape index (κ1) is 35.8. The van der Waals surface area contributed by atoms with Gasteiger partial charge in [-0.3, -0.25) is 9.59 Å². The molecule has 0 saturated heterocycles. The number of hydrogen-bond donors (Lipinski definition) is 2. The standard InChI is InChI=1S/2C23H23N3O2/c2*1-25(2)23(28)15-8-9-16-14(11-15)7-10-19(22(16)27)21-18-6-4-3-5-17(18)20-12-24-13-26(20)21/h2*3-6,8-9,11-13,19,21-22,27H,7,10H2,1-2H3/t19-,21+,22+;19-,21-,22-/m10/s1. The molecule has 4 heterocycles. The van der Waals surface area contributed by atoms with Crippen molar-refractivity contribution in [3.8, 4) is 22.5 Å². The molecule has 0 saturated carbocycles. The van der Waals surface area contributed by atoms with E-state index in [1.165, 1.54) is 22.3 Å². The summed E-state index contributed by atoms with van der Waals surface area (Å²) < 4.78 is 4.40. The largest absolute Gasteiger partial charge is 0.388 e. The molecule has 6 atom stereocenters. The summed E-state index contributed by atoms with van der Waals surface area (Å²) in [5, 5.41) is 22.6. The number of carbonyl (C=O) groups excluding carboxylic acids is 2. The van der Waals surface area contributed by atoms with Gasteiger partial charge in [-0.05, 0) is 83.3 Å². The van der Waals surface area contributed by atoms with E-state index in [-0.39, 0.29) is 35.7 Å². The predicted octanol–water partition coefficient (Wildman–Crippen LogP) is 6.90. The molecule has 0 unspecified atom stereocenters. The minimum absolute atomic E-state index is 0.00723. The Morgan fingerprint density at radius 2 is 1.00 bits per heavy atom. The number of hydrogen-bond acceptors (Lipinski definition) is 6. The maximum Gasteiger partial charge on any atom is 0.253 e. The number of rotatable bonds is 4. The molecule has 4 aliphatic rings. The molecular weight excluding hydrogens is 701 g/mol. The number of imidazole rings is 2. The summed E-state index contributed by atoms with van der Waals surface area (Å²) in [4.78, 5) is 36.4. The van der Waals surface area contributed by atoms with Crippen molar-refractivity contribution in [3.05, 3.63) is 154 Å². The maximum absolute atomic E-state index is 12.3. The van der Waals surface area contributed by atoms with Gasteiger partial charge in [0.05, 0.1) is 60.7 Å². The zero-order chi connectivity index (χ0) is 38.8. The third-order valence-electron chi connectivity index (χ3n) is 12.4. The Balaban J connectivity index is 0.000000146. The highest BCUT2D eigenvalue weighted by molar-refractivity contribution is 5.94. The lowest BCUT2D eigenvalue weighted by atomic mass is 9.75. The molecule has 0 fully saturated rings. The molecule has 4 aromatic carbocycles. The van der Waals surface area contributed by atoms with Crippen LogP contribution in [0.5, 0.6) is 0 Å². The van der Waals surface area contributed by atoms with E-state index in [0.717, 1.165) is 59.3 Å². The van der Waals surface area contributed by atoms with E-state index in [4.69, 9.17) is 0 Å². The molecule has 10 heteroatoms. The molecule has 2 aromatic heterocycles. The second kappa shape index (κ2) is 14.0. The van der Waals surface area contributed by atoms with Crippen LogP contribution >= 0.6 is 0 Å². The lowest BCUT2D eigenvalue weighted by Gasteiger charge is -2.35. The van der Waals surface area contributed by atoms with E-state index >= 15 is 0 Å². The molecule has 0 spiro atoms. The van der Waals surface area contributed by atoms with Crippen molar-refractivity contribution in [1.82, 2.24) is 28.9 Å². The zero-order valence-corrected chi connectivity index (χ0v) is 32.1. The predicted molar refractivity (Wildman–Crippen MR) is 214 cm³/mol. The normalized spacial score (nSPS) is 22.3. The summed E-state index contributed by atoms with van der Waals surface area (Å²) in [5.74, 6) is 0.124. The van der Waals surface area contributed by atoms with Gasteiger partial charge in [0, 0.05) is 62.3 Å². The number of amides is 2. The molecule has 56 heavy (non-hydrogen) atoms. The van der Waals surface area contributed by atoms with Crippen molar-refractivity contribution < 1.29 is 19.8 Å². The van der Waals surface area contributed by atoms with Gasteiger partial charge in [-0.2, -0.15) is 0 Å². The monoisotopic (exact) mass is 746 g/mol. The number of aryl methyl sites for hydroxylation is 2. The highest BCUT2D eigenvalue weighted by Crippen LogP contribution is 2.51. The van der Waals surface area contributed by atoms with Crippen molar-refractivity contribution in [2.75, 3.05) is 28.2 Å². The van der Waals surface area contributed by atoms with E-state index in [1.54, 1.807) is 38.0 Å². The van der Waals surface area contributed by atoms with Gasteiger partial charge in [0.15, 0.2) is 0 Å². The average Bonchev–Trinajstić information content (AvgIpc) is 4.00. The summed E-state index contributed by atoms with van der Waals surface area (Å²) in [6.45, 7) is 0. The summed E-state index contributed by atoms with van der Waals surface area (Å²) in [7, 11) is 7.03. The fraction of sp³-hybridized carbons (Fsp3) is 0.304. The van der Waals surface area contributed by atoms with Crippen molar-refractivity contribution >= 4 is 11.8 Å². The zero-order valence-electron chi connectivity index (χ0n) is 32.1. The fourth-order valence-electron chi connectivity index (χ4n) is 9.71. The lowest BCUT2D eigenvalue weighted by Crippen LogP contribution is -2.29. The minimum Gasteiger partial charge on any atom is -0.388 e. The average molecular weight is 747 g/mol. The maximum atomic E-state index is 12.3. The molecule has 2 N–H and O–H groups in total. The first-order valence-corrected chi connectivity index (χ1v) is 19.4. The molecule has 2 amide bonds. The van der Waals surface area contributed by atoms with Crippen LogP contribution in [0.25, 0.3) is 22.5 Å². The smallest absolute Gasteiger partial charge is 0.253 e. The Labute approximate surface area is 326 Å². The van der Waals surface area contributed by atoms with Crippen molar-refractivity contribution in [1.29, 1.82) is 0 Å². The molecule has 2 aliphatic carbocycles. The number of carbonyl (C=O) groups is 2. The molecule has 10 nitrogen and oxygen atoms in total. The van der Waals surface area contributed by atoms with Crippen LogP contribution in [-0.4, -0.2) is 79.1 Å². The second-order valence-electron chi connectivity index (χ2n) is 16.0. The SMILES string of the molecule is CN(C)C(=O)c1ccc2c(c1)CC[C@@H]([C@@H]1c3ccccc3-c3cncn31)[C@H]2O.CN(C)C(=O)c1ccc2c(c1)CC[C@H]([C@@H]1c3ccccc3-c3cncn31)[C@H]2O. The summed E-state index contributed by atoms with van der Waals surface area (Å²) in [5.41, 5.74) is 12.5. The third kappa shape index (κ3) is 5.78. The molecule has 0 bridgehead atoms. The second-order valence-corrected chi connectivity index (χ2v) is 16.0. The summed E-state index contributed by atoms with van der Waals surface area (Å²) >= 11 is 0. The van der Waals surface area contributed by atoms with Gasteiger partial charge in [0.2, 0.25) is 0 Å². The Hall–Kier alpha value is -5.84. The minimum atomic E-state index is -0.571. The van der Waals surface area contributed by atoms with E-state index in [9.17, 15) is 19.8 Å². The molecule has 0 radical (unpaired) electrons. The molecule has 10 rings (SSSR count). The van der Waals surface area contributed by atoms with Crippen LogP contribution in [0.4, 0.5) is 0 Å². The van der Waals surface area contributed by atoms with Crippen LogP contribution in [0.15, 0.2) is 110 Å². The first-order chi connectivity index (χ1) is 27.1. The Bertz CT molecular complexity index is 2310. The van der Waals surface area contributed by atoms with Gasteiger partial charge in [-0.25, -0.2) is 9.97 Å². The van der Waals surface area contributed by atoms with Crippen LogP contribution in [0.1, 0.15) is 91.2 Å². The van der Waals surface area contributed by atoms with E-state index in [1.807, 2.05) is 61.4 Å². The highest BCUT2D eigenvalue weighted by atomic mass is 16.3. The van der Waals surface area contributed by atoms with Gasteiger partial charge in [0.1, 0.15) is 0 Å². The first-order valence-electron chi connectivity index (χ1n) is 19.4. The van der Waals surface area contributed by atoms with E-state index in [0.29, 0.717) is 11.1 Å². The number of fused-ring (bicyclic) bond motifs is 8. The Morgan fingerprint density at radius 1 is 0.589 bits per heavy atom. The van der Waals surface area contributed by atoms with Crippen LogP contribution in [0.2, 0.25) is 0 Å². The number of aromatic nitrogens is 4. The van der Waals surface area contributed by atoms with Gasteiger partial charge >= 0.3 is 0 Å². The molecular formula is C46H46N6O4. The van der Waals surface area contributed by atoms with Gasteiger partial charge in [-0.1, -0.05) is 60.7 Å². The molecule has 2 aliphatic heterocycles. The van der Waals surface area contributed by atoms with Crippen molar-refractivity contribution in [2.45, 2.75) is 50.0 Å². The Kier molecular flexibility index (Phi) is 8.98. The van der Waals surface area contributed by atoms with Gasteiger partial charge < -0.3 is 29.1 Å². The highest BCUT2D eigenvalue weighted by Gasteiger charge is 2.42. The topological polar surface area (TPSA) is 117 Å². The van der Waals surface area contributed by atoms with Crippen molar-refractivity contribution in [3.63, 3.8) is 0 Å².